The minimum Gasteiger partial charge on any atom is -0.484 e. The molecule has 1 amide bonds. The second kappa shape index (κ2) is 8.63. The summed E-state index contributed by atoms with van der Waals surface area (Å²) in [4.78, 5) is 24.0. The first-order chi connectivity index (χ1) is 14.5. The van der Waals surface area contributed by atoms with E-state index < -0.39 is 0 Å². The van der Waals surface area contributed by atoms with Crippen LogP contribution in [0.25, 0.3) is 10.2 Å². The summed E-state index contributed by atoms with van der Waals surface area (Å²) in [5.41, 5.74) is 5.16. The summed E-state index contributed by atoms with van der Waals surface area (Å²) in [6.07, 6.45) is 1.73. The van der Waals surface area contributed by atoms with Crippen LogP contribution in [0.4, 0.5) is 5.13 Å². The van der Waals surface area contributed by atoms with Crippen LogP contribution in [-0.2, 0) is 11.3 Å². The van der Waals surface area contributed by atoms with Gasteiger partial charge in [0.1, 0.15) is 5.75 Å². The zero-order chi connectivity index (χ0) is 21.1. The quantitative estimate of drug-likeness (QED) is 0.431. The second-order valence-corrected chi connectivity index (χ2v) is 8.34. The number of nitrogens with zero attached hydrogens (tertiary/aromatic N) is 3. The molecule has 5 nitrogen and oxygen atoms in total. The molecule has 0 aliphatic heterocycles. The van der Waals surface area contributed by atoms with E-state index >= 15 is 0 Å². The minimum absolute atomic E-state index is 0.0656. The molecule has 0 radical (unpaired) electrons. The van der Waals surface area contributed by atoms with E-state index in [0.717, 1.165) is 27.0 Å². The van der Waals surface area contributed by atoms with Gasteiger partial charge in [-0.1, -0.05) is 41.2 Å². The summed E-state index contributed by atoms with van der Waals surface area (Å²) < 4.78 is 6.82. The van der Waals surface area contributed by atoms with Crippen LogP contribution in [0.15, 0.2) is 60.8 Å². The minimum atomic E-state index is -0.158. The smallest absolute Gasteiger partial charge is 0.267 e. The number of pyridine rings is 1. The first kappa shape index (κ1) is 20.0. The van der Waals surface area contributed by atoms with Crippen molar-refractivity contribution in [1.29, 1.82) is 0 Å². The molecule has 2 heterocycles. The summed E-state index contributed by atoms with van der Waals surface area (Å²) in [5.74, 6) is 0.511. The molecular weight excluding hydrogens is 394 g/mol. The fraction of sp³-hybridized carbons (Fsp3) is 0.208. The van der Waals surface area contributed by atoms with Crippen LogP contribution < -0.4 is 9.64 Å². The van der Waals surface area contributed by atoms with Crippen molar-refractivity contribution >= 4 is 32.6 Å². The van der Waals surface area contributed by atoms with Crippen LogP contribution in [0.3, 0.4) is 0 Å². The molecule has 0 bridgehead atoms. The van der Waals surface area contributed by atoms with Gasteiger partial charge in [0.15, 0.2) is 11.7 Å². The highest BCUT2D eigenvalue weighted by atomic mass is 32.1. The van der Waals surface area contributed by atoms with E-state index in [2.05, 4.69) is 24.0 Å². The van der Waals surface area contributed by atoms with E-state index in [0.29, 0.717) is 17.4 Å². The van der Waals surface area contributed by atoms with Gasteiger partial charge in [0.25, 0.3) is 5.91 Å². The fourth-order valence-electron chi connectivity index (χ4n) is 3.25. The molecule has 4 aromatic rings. The Labute approximate surface area is 180 Å². The van der Waals surface area contributed by atoms with Gasteiger partial charge in [0.2, 0.25) is 0 Å². The Morgan fingerprint density at radius 3 is 2.57 bits per heavy atom. The van der Waals surface area contributed by atoms with Crippen molar-refractivity contribution in [3.8, 4) is 5.75 Å². The number of carbonyl (C=O) groups excluding carboxylic acids is 1. The third kappa shape index (κ3) is 4.49. The lowest BCUT2D eigenvalue weighted by molar-refractivity contribution is -0.120. The highest BCUT2D eigenvalue weighted by Crippen LogP contribution is 2.32. The number of carbonyl (C=O) groups is 1. The number of aryl methyl sites for hydroxylation is 3. The average Bonchev–Trinajstić information content (AvgIpc) is 3.16. The van der Waals surface area contributed by atoms with E-state index in [4.69, 9.17) is 9.72 Å². The Kier molecular flexibility index (Phi) is 5.77. The molecule has 30 heavy (non-hydrogen) atoms. The Morgan fingerprint density at radius 1 is 1.03 bits per heavy atom. The molecule has 0 aliphatic carbocycles. The molecule has 0 N–H and O–H groups in total. The lowest BCUT2D eigenvalue weighted by Crippen LogP contribution is -2.34. The molecule has 152 valence electrons. The summed E-state index contributed by atoms with van der Waals surface area (Å²) in [7, 11) is 0. The lowest BCUT2D eigenvalue weighted by atomic mass is 10.1. The number of fused-ring (bicyclic) bond motifs is 1. The number of rotatable bonds is 6. The molecule has 4 rings (SSSR count). The molecule has 0 unspecified atom stereocenters. The summed E-state index contributed by atoms with van der Waals surface area (Å²) in [6, 6.07) is 17.6. The SMILES string of the molecule is Cc1ccc(OCC(=O)N(Cc2ccccn2)c2nc3c(C)cc(C)cc3s2)cc1. The third-order valence-corrected chi connectivity index (χ3v) is 5.81. The van der Waals surface area contributed by atoms with E-state index in [9.17, 15) is 4.79 Å². The predicted octanol–water partition coefficient (Wildman–Crippen LogP) is 5.23. The number of ether oxygens (including phenoxy) is 1. The maximum absolute atomic E-state index is 13.2. The van der Waals surface area contributed by atoms with Gasteiger partial charge in [0.05, 0.1) is 22.5 Å². The summed E-state index contributed by atoms with van der Waals surface area (Å²) >= 11 is 1.52. The molecule has 0 spiro atoms. The van der Waals surface area contributed by atoms with Crippen molar-refractivity contribution in [3.05, 3.63) is 83.2 Å². The number of anilines is 1. The normalized spacial score (nSPS) is 10.9. The van der Waals surface area contributed by atoms with Crippen molar-refractivity contribution in [1.82, 2.24) is 9.97 Å². The van der Waals surface area contributed by atoms with E-state index in [1.54, 1.807) is 11.1 Å². The monoisotopic (exact) mass is 417 g/mol. The number of hydrogen-bond donors (Lipinski definition) is 0. The highest BCUT2D eigenvalue weighted by Gasteiger charge is 2.22. The first-order valence-corrected chi connectivity index (χ1v) is 10.6. The molecule has 0 fully saturated rings. The van der Waals surface area contributed by atoms with Crippen molar-refractivity contribution < 1.29 is 9.53 Å². The number of thiazole rings is 1. The topological polar surface area (TPSA) is 55.3 Å². The summed E-state index contributed by atoms with van der Waals surface area (Å²) in [5, 5.41) is 0.654. The number of hydrogen-bond acceptors (Lipinski definition) is 5. The average molecular weight is 418 g/mol. The van der Waals surface area contributed by atoms with Gasteiger partial charge in [0, 0.05) is 6.20 Å². The van der Waals surface area contributed by atoms with E-state index in [1.165, 1.54) is 16.9 Å². The maximum Gasteiger partial charge on any atom is 0.267 e. The Hall–Kier alpha value is -3.25. The standard InChI is InChI=1S/C24H23N3O2S/c1-16-7-9-20(10-8-16)29-15-22(28)27(14-19-6-4-5-11-25-19)24-26-23-18(3)12-17(2)13-21(23)30-24/h4-13H,14-15H2,1-3H3. The Morgan fingerprint density at radius 2 is 1.83 bits per heavy atom. The van der Waals surface area contributed by atoms with Gasteiger partial charge in [-0.25, -0.2) is 4.98 Å². The number of benzene rings is 2. The van der Waals surface area contributed by atoms with Gasteiger partial charge in [-0.05, 0) is 62.2 Å². The molecule has 6 heteroatoms. The van der Waals surface area contributed by atoms with Crippen LogP contribution in [0.2, 0.25) is 0 Å². The van der Waals surface area contributed by atoms with Crippen molar-refractivity contribution in [2.75, 3.05) is 11.5 Å². The first-order valence-electron chi connectivity index (χ1n) is 9.77. The predicted molar refractivity (Wildman–Crippen MR) is 121 cm³/mol. The van der Waals surface area contributed by atoms with Gasteiger partial charge in [-0.2, -0.15) is 0 Å². The van der Waals surface area contributed by atoms with Crippen LogP contribution >= 0.6 is 11.3 Å². The molecule has 2 aromatic carbocycles. The zero-order valence-electron chi connectivity index (χ0n) is 17.3. The summed E-state index contributed by atoms with van der Waals surface area (Å²) in [6.45, 7) is 6.40. The van der Waals surface area contributed by atoms with Crippen molar-refractivity contribution in [2.45, 2.75) is 27.3 Å². The van der Waals surface area contributed by atoms with E-state index in [1.807, 2.05) is 56.3 Å². The fourth-order valence-corrected chi connectivity index (χ4v) is 4.41. The van der Waals surface area contributed by atoms with Gasteiger partial charge < -0.3 is 4.74 Å². The van der Waals surface area contributed by atoms with Crippen LogP contribution in [0.1, 0.15) is 22.4 Å². The zero-order valence-corrected chi connectivity index (χ0v) is 18.1. The molecule has 2 aromatic heterocycles. The van der Waals surface area contributed by atoms with Crippen molar-refractivity contribution in [2.24, 2.45) is 0 Å². The number of amides is 1. The van der Waals surface area contributed by atoms with Crippen LogP contribution in [0, 0.1) is 20.8 Å². The van der Waals surface area contributed by atoms with Gasteiger partial charge >= 0.3 is 0 Å². The highest BCUT2D eigenvalue weighted by molar-refractivity contribution is 7.22. The lowest BCUT2D eigenvalue weighted by Gasteiger charge is -2.19. The molecular formula is C24H23N3O2S. The van der Waals surface area contributed by atoms with Crippen LogP contribution in [0.5, 0.6) is 5.75 Å². The molecule has 0 saturated heterocycles. The third-order valence-electron chi connectivity index (χ3n) is 4.78. The second-order valence-electron chi connectivity index (χ2n) is 7.33. The number of aromatic nitrogens is 2. The maximum atomic E-state index is 13.2. The van der Waals surface area contributed by atoms with Crippen molar-refractivity contribution in [3.63, 3.8) is 0 Å². The van der Waals surface area contributed by atoms with Crippen LogP contribution in [-0.4, -0.2) is 22.5 Å². The Bertz CT molecular complexity index is 1170. The Balaban J connectivity index is 1.63. The molecule has 0 aliphatic rings. The largest absolute Gasteiger partial charge is 0.484 e. The van der Waals surface area contributed by atoms with Gasteiger partial charge in [-0.3, -0.25) is 14.7 Å². The van der Waals surface area contributed by atoms with Gasteiger partial charge in [-0.15, -0.1) is 0 Å². The molecule has 0 saturated carbocycles. The molecule has 0 atom stereocenters. The van der Waals surface area contributed by atoms with E-state index in [-0.39, 0.29) is 12.5 Å².